The van der Waals surface area contributed by atoms with E-state index in [1.54, 1.807) is 25.3 Å². The lowest BCUT2D eigenvalue weighted by molar-refractivity contribution is 0.322. The van der Waals surface area contributed by atoms with Crippen LogP contribution in [0.15, 0.2) is 48.5 Å². The van der Waals surface area contributed by atoms with E-state index >= 15 is 0 Å². The molecule has 116 valence electrons. The molecule has 2 aromatic carbocycles. The summed E-state index contributed by atoms with van der Waals surface area (Å²) in [6, 6.07) is 13.7. The first kappa shape index (κ1) is 16.0. The average Bonchev–Trinajstić information content (AvgIpc) is 2.54. The van der Waals surface area contributed by atoms with E-state index in [1.165, 1.54) is 6.07 Å². The lowest BCUT2D eigenvalue weighted by Crippen LogP contribution is -2.32. The molecule has 0 aliphatic rings. The van der Waals surface area contributed by atoms with Crippen molar-refractivity contribution in [1.82, 2.24) is 5.32 Å². The Kier molecular flexibility index (Phi) is 5.97. The van der Waals surface area contributed by atoms with E-state index in [0.717, 1.165) is 11.5 Å². The van der Waals surface area contributed by atoms with Crippen LogP contribution in [0, 0.1) is 5.82 Å². The maximum atomic E-state index is 13.4. The van der Waals surface area contributed by atoms with Crippen LogP contribution in [0.5, 0.6) is 11.5 Å². The number of anilines is 1. The van der Waals surface area contributed by atoms with Crippen LogP contribution in [0.3, 0.4) is 0 Å². The highest BCUT2D eigenvalue weighted by Crippen LogP contribution is 2.16. The van der Waals surface area contributed by atoms with Crippen LogP contribution in [0.1, 0.15) is 0 Å². The lowest BCUT2D eigenvalue weighted by atomic mass is 10.3. The van der Waals surface area contributed by atoms with Crippen molar-refractivity contribution >= 4 is 23.0 Å². The summed E-state index contributed by atoms with van der Waals surface area (Å²) in [4.78, 5) is 0. The summed E-state index contributed by atoms with van der Waals surface area (Å²) in [5.74, 6) is 1.18. The van der Waals surface area contributed by atoms with Crippen molar-refractivity contribution in [1.29, 1.82) is 0 Å². The van der Waals surface area contributed by atoms with Gasteiger partial charge < -0.3 is 20.1 Å². The lowest BCUT2D eigenvalue weighted by Gasteiger charge is -2.12. The smallest absolute Gasteiger partial charge is 0.170 e. The number of nitrogens with one attached hydrogen (secondary N) is 2. The van der Waals surface area contributed by atoms with Crippen LogP contribution < -0.4 is 20.1 Å². The van der Waals surface area contributed by atoms with E-state index < -0.39 is 0 Å². The zero-order chi connectivity index (χ0) is 15.8. The predicted octanol–water partition coefficient (Wildman–Crippen LogP) is 3.20. The molecule has 2 N–H and O–H groups in total. The summed E-state index contributed by atoms with van der Waals surface area (Å²) in [5, 5.41) is 6.10. The third kappa shape index (κ3) is 4.89. The Morgan fingerprint density at radius 1 is 1.09 bits per heavy atom. The summed E-state index contributed by atoms with van der Waals surface area (Å²) < 4.78 is 24.1. The van der Waals surface area contributed by atoms with Gasteiger partial charge in [0, 0.05) is 0 Å². The highest BCUT2D eigenvalue weighted by Gasteiger charge is 2.02. The molecule has 2 rings (SSSR count). The fraction of sp³-hybridized carbons (Fsp3) is 0.188. The number of methoxy groups -OCH3 is 1. The normalized spacial score (nSPS) is 9.91. The Balaban J connectivity index is 1.69. The summed E-state index contributed by atoms with van der Waals surface area (Å²) in [6.07, 6.45) is 0. The highest BCUT2D eigenvalue weighted by atomic mass is 32.1. The van der Waals surface area contributed by atoms with E-state index in [2.05, 4.69) is 10.6 Å². The second-order valence-corrected chi connectivity index (χ2v) is 4.79. The molecule has 0 spiro atoms. The number of para-hydroxylation sites is 1. The summed E-state index contributed by atoms with van der Waals surface area (Å²) in [6.45, 7) is 0.942. The van der Waals surface area contributed by atoms with E-state index in [-0.39, 0.29) is 5.82 Å². The molecule has 0 atom stereocenters. The third-order valence-corrected chi connectivity index (χ3v) is 3.08. The number of benzene rings is 2. The molecule has 22 heavy (non-hydrogen) atoms. The van der Waals surface area contributed by atoms with Crippen LogP contribution in [-0.4, -0.2) is 25.4 Å². The van der Waals surface area contributed by atoms with E-state index in [0.29, 0.717) is 24.0 Å². The maximum Gasteiger partial charge on any atom is 0.170 e. The molecule has 0 aliphatic carbocycles. The van der Waals surface area contributed by atoms with Crippen LogP contribution >= 0.6 is 12.2 Å². The van der Waals surface area contributed by atoms with Crippen LogP contribution in [0.25, 0.3) is 0 Å². The quantitative estimate of drug-likeness (QED) is 0.632. The Bertz CT molecular complexity index is 620. The number of thiocarbonyl (C=S) groups is 1. The van der Waals surface area contributed by atoms with Gasteiger partial charge in [-0.3, -0.25) is 0 Å². The molecule has 0 radical (unpaired) electrons. The molecule has 0 fully saturated rings. The van der Waals surface area contributed by atoms with Crippen molar-refractivity contribution in [2.75, 3.05) is 25.6 Å². The topological polar surface area (TPSA) is 42.5 Å². The Morgan fingerprint density at radius 2 is 1.77 bits per heavy atom. The van der Waals surface area contributed by atoms with Crippen molar-refractivity contribution in [3.8, 4) is 11.5 Å². The van der Waals surface area contributed by atoms with Crippen molar-refractivity contribution in [2.24, 2.45) is 0 Å². The Labute approximate surface area is 134 Å². The van der Waals surface area contributed by atoms with Gasteiger partial charge in [-0.2, -0.15) is 0 Å². The molecule has 0 heterocycles. The molecule has 0 aromatic heterocycles. The molecule has 0 bridgehead atoms. The summed E-state index contributed by atoms with van der Waals surface area (Å²) in [7, 11) is 1.61. The largest absolute Gasteiger partial charge is 0.497 e. The molecule has 0 saturated heterocycles. The van der Waals surface area contributed by atoms with Crippen LogP contribution in [-0.2, 0) is 0 Å². The third-order valence-electron chi connectivity index (χ3n) is 2.84. The van der Waals surface area contributed by atoms with Crippen molar-refractivity contribution in [3.63, 3.8) is 0 Å². The van der Waals surface area contributed by atoms with Gasteiger partial charge in [-0.1, -0.05) is 12.1 Å². The summed E-state index contributed by atoms with van der Waals surface area (Å²) >= 11 is 5.10. The highest BCUT2D eigenvalue weighted by molar-refractivity contribution is 7.80. The summed E-state index contributed by atoms with van der Waals surface area (Å²) in [5.41, 5.74) is 0.344. The average molecular weight is 320 g/mol. The zero-order valence-corrected chi connectivity index (χ0v) is 13.0. The SMILES string of the molecule is COc1ccc(OCCNC(=S)Nc2ccccc2F)cc1. The predicted molar refractivity (Wildman–Crippen MR) is 89.1 cm³/mol. The first-order valence-electron chi connectivity index (χ1n) is 6.75. The van der Waals surface area contributed by atoms with Gasteiger partial charge in [-0.25, -0.2) is 4.39 Å². The number of hydrogen-bond donors (Lipinski definition) is 2. The van der Waals surface area contributed by atoms with Crippen LogP contribution in [0.2, 0.25) is 0 Å². The fourth-order valence-electron chi connectivity index (χ4n) is 1.73. The first-order valence-corrected chi connectivity index (χ1v) is 7.16. The molecule has 0 saturated carbocycles. The minimum absolute atomic E-state index is 0.344. The Morgan fingerprint density at radius 3 is 2.45 bits per heavy atom. The standard InChI is InChI=1S/C16H17FN2O2S/c1-20-12-6-8-13(9-7-12)21-11-10-18-16(22)19-15-5-3-2-4-14(15)17/h2-9H,10-11H2,1H3,(H2,18,19,22). The van der Waals surface area contributed by atoms with Crippen molar-refractivity contribution in [2.45, 2.75) is 0 Å². The van der Waals surface area contributed by atoms with Gasteiger partial charge in [0.05, 0.1) is 19.3 Å². The number of halogens is 1. The van der Waals surface area contributed by atoms with E-state index in [9.17, 15) is 4.39 Å². The minimum Gasteiger partial charge on any atom is -0.497 e. The molecular weight excluding hydrogens is 303 g/mol. The minimum atomic E-state index is -0.346. The molecule has 0 unspecified atom stereocenters. The molecule has 0 aliphatic heterocycles. The van der Waals surface area contributed by atoms with Gasteiger partial charge in [-0.05, 0) is 48.6 Å². The molecule has 0 amide bonds. The van der Waals surface area contributed by atoms with Gasteiger partial charge in [0.1, 0.15) is 23.9 Å². The van der Waals surface area contributed by atoms with Crippen LogP contribution in [0.4, 0.5) is 10.1 Å². The van der Waals surface area contributed by atoms with Gasteiger partial charge in [0.2, 0.25) is 0 Å². The van der Waals surface area contributed by atoms with Crippen molar-refractivity contribution < 1.29 is 13.9 Å². The van der Waals surface area contributed by atoms with Gasteiger partial charge >= 0.3 is 0 Å². The molecule has 2 aromatic rings. The second-order valence-electron chi connectivity index (χ2n) is 4.38. The van der Waals surface area contributed by atoms with Crippen molar-refractivity contribution in [3.05, 3.63) is 54.3 Å². The van der Waals surface area contributed by atoms with E-state index in [4.69, 9.17) is 21.7 Å². The van der Waals surface area contributed by atoms with Gasteiger partial charge in [-0.15, -0.1) is 0 Å². The van der Waals surface area contributed by atoms with Gasteiger partial charge in [0.15, 0.2) is 5.11 Å². The molecular formula is C16H17FN2O2S. The number of hydrogen-bond acceptors (Lipinski definition) is 3. The second kappa shape index (κ2) is 8.19. The fourth-order valence-corrected chi connectivity index (χ4v) is 1.95. The monoisotopic (exact) mass is 320 g/mol. The molecule has 4 nitrogen and oxygen atoms in total. The first-order chi connectivity index (χ1) is 10.7. The van der Waals surface area contributed by atoms with E-state index in [1.807, 2.05) is 24.3 Å². The zero-order valence-electron chi connectivity index (χ0n) is 12.1. The number of ether oxygens (including phenoxy) is 2. The Hall–Kier alpha value is -2.34. The number of rotatable bonds is 6. The maximum absolute atomic E-state index is 13.4. The molecule has 6 heteroatoms. The van der Waals surface area contributed by atoms with Gasteiger partial charge in [0.25, 0.3) is 0 Å².